The Bertz CT molecular complexity index is 483. The van der Waals surface area contributed by atoms with Crippen molar-refractivity contribution in [2.45, 2.75) is 31.7 Å². The summed E-state index contributed by atoms with van der Waals surface area (Å²) in [6.45, 7) is 1.54. The van der Waals surface area contributed by atoms with Crippen molar-refractivity contribution in [1.29, 1.82) is 0 Å². The first-order valence-electron chi connectivity index (χ1n) is 6.41. The Hall–Kier alpha value is -1.20. The first kappa shape index (κ1) is 11.9. The topological polar surface area (TPSA) is 60.2 Å². The molecule has 1 aliphatic carbocycles. The second-order valence-electron chi connectivity index (χ2n) is 4.91. The highest BCUT2D eigenvalue weighted by Crippen LogP contribution is 2.26. The molecule has 3 N–H and O–H groups in total. The van der Waals surface area contributed by atoms with Crippen molar-refractivity contribution >= 4 is 23.0 Å². The van der Waals surface area contributed by atoms with Gasteiger partial charge in [0.1, 0.15) is 10.8 Å². The average molecular weight is 263 g/mol. The van der Waals surface area contributed by atoms with Crippen molar-refractivity contribution in [2.75, 3.05) is 18.5 Å². The van der Waals surface area contributed by atoms with Gasteiger partial charge < -0.3 is 15.8 Å². The molecular weight excluding hydrogens is 246 g/mol. The lowest BCUT2D eigenvalue weighted by Gasteiger charge is -2.16. The van der Waals surface area contributed by atoms with Crippen LogP contribution in [0.5, 0.6) is 0 Å². The van der Waals surface area contributed by atoms with Crippen molar-refractivity contribution in [3.05, 3.63) is 22.9 Å². The zero-order valence-electron chi connectivity index (χ0n) is 10.2. The normalized spacial score (nSPS) is 21.9. The van der Waals surface area contributed by atoms with Gasteiger partial charge in [-0.1, -0.05) is 12.2 Å². The molecule has 1 atom stereocenters. The third-order valence-corrected chi connectivity index (χ3v) is 3.81. The Morgan fingerprint density at radius 3 is 3.11 bits per heavy atom. The first-order valence-corrected chi connectivity index (χ1v) is 6.82. The summed E-state index contributed by atoms with van der Waals surface area (Å²) in [6, 6.07) is 2.43. The molecule has 0 aromatic carbocycles. The van der Waals surface area contributed by atoms with E-state index in [-0.39, 0.29) is 0 Å². The summed E-state index contributed by atoms with van der Waals surface area (Å²) >= 11 is 5.13. The van der Waals surface area contributed by atoms with Gasteiger partial charge in [-0.15, -0.1) is 0 Å². The van der Waals surface area contributed by atoms with Gasteiger partial charge in [0.05, 0.1) is 18.2 Å². The van der Waals surface area contributed by atoms with Crippen LogP contribution < -0.4 is 11.1 Å². The molecule has 1 saturated heterocycles. The van der Waals surface area contributed by atoms with Gasteiger partial charge in [0.25, 0.3) is 0 Å². The van der Waals surface area contributed by atoms with Gasteiger partial charge in [-0.05, 0) is 37.3 Å². The van der Waals surface area contributed by atoms with Crippen molar-refractivity contribution in [3.63, 3.8) is 0 Å². The summed E-state index contributed by atoms with van der Waals surface area (Å²) in [5, 5.41) is 3.42. The molecule has 5 heteroatoms. The molecule has 3 rings (SSSR count). The molecule has 0 bridgehead atoms. The van der Waals surface area contributed by atoms with Gasteiger partial charge in [0.15, 0.2) is 0 Å². The molecule has 0 radical (unpaired) electrons. The minimum atomic E-state index is 0.324. The van der Waals surface area contributed by atoms with E-state index >= 15 is 0 Å². The highest BCUT2D eigenvalue weighted by molar-refractivity contribution is 7.80. The lowest BCUT2D eigenvalue weighted by atomic mass is 10.1. The number of nitrogens with two attached hydrogens (primary N) is 1. The van der Waals surface area contributed by atoms with E-state index < -0.39 is 0 Å². The number of fused-ring (bicyclic) bond motifs is 1. The lowest BCUT2D eigenvalue weighted by molar-refractivity contribution is 0.195. The second-order valence-corrected chi connectivity index (χ2v) is 5.35. The Labute approximate surface area is 112 Å². The van der Waals surface area contributed by atoms with Crippen LogP contribution in [0.4, 0.5) is 5.82 Å². The molecule has 0 spiro atoms. The number of hydrogen-bond acceptors (Lipinski definition) is 4. The highest BCUT2D eigenvalue weighted by atomic mass is 32.1. The molecule has 2 aliphatic rings. The smallest absolute Gasteiger partial charge is 0.136 e. The van der Waals surface area contributed by atoms with Crippen LogP contribution in [0.3, 0.4) is 0 Å². The van der Waals surface area contributed by atoms with Crippen molar-refractivity contribution in [1.82, 2.24) is 4.98 Å². The molecule has 0 saturated carbocycles. The van der Waals surface area contributed by atoms with Crippen LogP contribution in [-0.4, -0.2) is 29.2 Å². The predicted molar refractivity (Wildman–Crippen MR) is 75.0 cm³/mol. The van der Waals surface area contributed by atoms with Crippen LogP contribution in [0.2, 0.25) is 0 Å². The minimum absolute atomic E-state index is 0.324. The molecule has 96 valence electrons. The summed E-state index contributed by atoms with van der Waals surface area (Å²) in [5.41, 5.74) is 9.16. The highest BCUT2D eigenvalue weighted by Gasteiger charge is 2.21. The largest absolute Gasteiger partial charge is 0.389 e. The number of rotatable bonds is 3. The van der Waals surface area contributed by atoms with Gasteiger partial charge in [-0.2, -0.15) is 0 Å². The molecule has 18 heavy (non-hydrogen) atoms. The Morgan fingerprint density at radius 1 is 1.50 bits per heavy atom. The fraction of sp³-hybridized carbons (Fsp3) is 0.538. The van der Waals surface area contributed by atoms with E-state index in [4.69, 9.17) is 27.7 Å². The van der Waals surface area contributed by atoms with Crippen molar-refractivity contribution in [3.8, 4) is 0 Å². The molecule has 4 nitrogen and oxygen atoms in total. The summed E-state index contributed by atoms with van der Waals surface area (Å²) in [5.74, 6) is 0.832. The molecule has 1 aromatic rings. The number of hydrogen-bond donors (Lipinski definition) is 2. The van der Waals surface area contributed by atoms with Gasteiger partial charge in [0, 0.05) is 12.3 Å². The van der Waals surface area contributed by atoms with Gasteiger partial charge >= 0.3 is 0 Å². The Kier molecular flexibility index (Phi) is 3.18. The zero-order valence-corrected chi connectivity index (χ0v) is 11.1. The predicted octanol–water partition coefficient (Wildman–Crippen LogP) is 1.41. The maximum absolute atomic E-state index is 5.80. The van der Waals surface area contributed by atoms with E-state index in [9.17, 15) is 0 Å². The third-order valence-electron chi connectivity index (χ3n) is 3.59. The maximum Gasteiger partial charge on any atom is 0.136 e. The number of aromatic nitrogens is 1. The van der Waals surface area contributed by atoms with E-state index in [0.29, 0.717) is 11.0 Å². The van der Waals surface area contributed by atoms with Gasteiger partial charge in [-0.25, -0.2) is 4.98 Å². The molecule has 1 aromatic heterocycles. The minimum Gasteiger partial charge on any atom is -0.389 e. The number of thiocarbonyl (C=S) groups is 1. The van der Waals surface area contributed by atoms with Crippen LogP contribution in [0.1, 0.15) is 29.7 Å². The SMILES string of the molecule is NC(=S)c1cc2c(nc1NC1CCOC1)CCC2. The number of pyridine rings is 1. The number of anilines is 1. The zero-order chi connectivity index (χ0) is 12.5. The molecule has 1 aliphatic heterocycles. The Balaban J connectivity index is 1.92. The molecule has 2 heterocycles. The lowest BCUT2D eigenvalue weighted by Crippen LogP contribution is -2.23. The van der Waals surface area contributed by atoms with E-state index in [2.05, 4.69) is 11.4 Å². The average Bonchev–Trinajstić information content (AvgIpc) is 2.97. The van der Waals surface area contributed by atoms with E-state index in [0.717, 1.165) is 43.9 Å². The number of ether oxygens (including phenoxy) is 1. The fourth-order valence-corrected chi connectivity index (χ4v) is 2.77. The molecule has 0 amide bonds. The van der Waals surface area contributed by atoms with E-state index in [1.165, 1.54) is 17.7 Å². The van der Waals surface area contributed by atoms with E-state index in [1.807, 2.05) is 0 Å². The van der Waals surface area contributed by atoms with Crippen molar-refractivity contribution < 1.29 is 4.74 Å². The second kappa shape index (κ2) is 4.82. The number of aryl methyl sites for hydroxylation is 2. The summed E-state index contributed by atoms with van der Waals surface area (Å²) in [4.78, 5) is 5.12. The quantitative estimate of drug-likeness (QED) is 0.807. The maximum atomic E-state index is 5.80. The fourth-order valence-electron chi connectivity index (χ4n) is 2.61. The van der Waals surface area contributed by atoms with Gasteiger partial charge in [-0.3, -0.25) is 0 Å². The van der Waals surface area contributed by atoms with Crippen LogP contribution in [0.25, 0.3) is 0 Å². The molecular formula is C13H17N3OS. The summed E-state index contributed by atoms with van der Waals surface area (Å²) in [6.07, 6.45) is 4.33. The molecule has 1 unspecified atom stereocenters. The molecule has 1 fully saturated rings. The van der Waals surface area contributed by atoms with Crippen LogP contribution in [0.15, 0.2) is 6.07 Å². The standard InChI is InChI=1S/C13H17N3OS/c14-12(18)10-6-8-2-1-3-11(8)16-13(10)15-9-4-5-17-7-9/h6,9H,1-5,7H2,(H2,14,18)(H,15,16). The third kappa shape index (κ3) is 2.20. The number of nitrogens with one attached hydrogen (secondary N) is 1. The summed E-state index contributed by atoms with van der Waals surface area (Å²) in [7, 11) is 0. The Morgan fingerprint density at radius 2 is 2.39 bits per heavy atom. The number of nitrogens with zero attached hydrogens (tertiary/aromatic N) is 1. The van der Waals surface area contributed by atoms with E-state index in [1.54, 1.807) is 0 Å². The van der Waals surface area contributed by atoms with Crippen LogP contribution in [0, 0.1) is 0 Å². The summed E-state index contributed by atoms with van der Waals surface area (Å²) < 4.78 is 5.37. The van der Waals surface area contributed by atoms with Crippen LogP contribution in [-0.2, 0) is 17.6 Å². The first-order chi connectivity index (χ1) is 8.74. The van der Waals surface area contributed by atoms with Gasteiger partial charge in [0.2, 0.25) is 0 Å². The monoisotopic (exact) mass is 263 g/mol. The van der Waals surface area contributed by atoms with Crippen molar-refractivity contribution in [2.24, 2.45) is 5.73 Å². The van der Waals surface area contributed by atoms with Crippen LogP contribution >= 0.6 is 12.2 Å².